The molecule has 0 bridgehead atoms. The largest absolute Gasteiger partial charge is 0.464 e. The molecule has 3 rings (SSSR count). The van der Waals surface area contributed by atoms with Crippen molar-refractivity contribution in [1.82, 2.24) is 15.0 Å². The van der Waals surface area contributed by atoms with Crippen LogP contribution in [-0.2, 0) is 9.53 Å². The number of esters is 1. The lowest BCUT2D eigenvalue weighted by Crippen LogP contribution is -2.46. The zero-order valence-electron chi connectivity index (χ0n) is 14.8. The molecule has 2 aromatic heterocycles. The van der Waals surface area contributed by atoms with Gasteiger partial charge >= 0.3 is 5.97 Å². The van der Waals surface area contributed by atoms with Crippen molar-refractivity contribution < 1.29 is 9.53 Å². The van der Waals surface area contributed by atoms with E-state index in [0.29, 0.717) is 12.6 Å². The number of aromatic nitrogens is 3. The monoisotopic (exact) mass is 331 g/mol. The molecular weight excluding hydrogens is 306 g/mol. The van der Waals surface area contributed by atoms with Gasteiger partial charge in [-0.05, 0) is 39.2 Å². The van der Waals surface area contributed by atoms with E-state index < -0.39 is 0 Å². The number of nitrogens with one attached hydrogen (secondary N) is 1. The number of ether oxygens (including phenoxy) is 1. The van der Waals surface area contributed by atoms with E-state index in [0.717, 1.165) is 48.4 Å². The van der Waals surface area contributed by atoms with Crippen LogP contribution in [0.1, 0.15) is 31.9 Å². The molecule has 130 valence electrons. The highest BCUT2D eigenvalue weighted by molar-refractivity contribution is 5.92. The second kappa shape index (κ2) is 6.67. The lowest BCUT2D eigenvalue weighted by molar-refractivity contribution is -0.145. The van der Waals surface area contributed by atoms with Gasteiger partial charge in [-0.1, -0.05) is 0 Å². The third kappa shape index (κ3) is 3.02. The van der Waals surface area contributed by atoms with Gasteiger partial charge in [0.2, 0.25) is 5.95 Å². The maximum absolute atomic E-state index is 12.4. The lowest BCUT2D eigenvalue weighted by atomic mass is 10.0. The van der Waals surface area contributed by atoms with Gasteiger partial charge in [0, 0.05) is 26.3 Å². The summed E-state index contributed by atoms with van der Waals surface area (Å²) in [6.45, 7) is 5.04. The van der Waals surface area contributed by atoms with Gasteiger partial charge in [0.15, 0.2) is 0 Å². The number of aromatic amines is 1. The van der Waals surface area contributed by atoms with Crippen LogP contribution in [0.3, 0.4) is 0 Å². The molecule has 0 aliphatic carbocycles. The van der Waals surface area contributed by atoms with Crippen molar-refractivity contribution in [2.75, 3.05) is 37.0 Å². The van der Waals surface area contributed by atoms with Gasteiger partial charge in [0.1, 0.15) is 17.5 Å². The van der Waals surface area contributed by atoms with E-state index in [4.69, 9.17) is 9.72 Å². The summed E-state index contributed by atoms with van der Waals surface area (Å²) in [6.07, 6.45) is 2.87. The third-order valence-corrected chi connectivity index (χ3v) is 4.32. The van der Waals surface area contributed by atoms with Crippen molar-refractivity contribution in [2.45, 2.75) is 39.2 Å². The Labute approximate surface area is 142 Å². The third-order valence-electron chi connectivity index (χ3n) is 4.32. The summed E-state index contributed by atoms with van der Waals surface area (Å²) in [6, 6.07) is 1.77. The Morgan fingerprint density at radius 3 is 2.92 bits per heavy atom. The first-order valence-electron chi connectivity index (χ1n) is 8.49. The van der Waals surface area contributed by atoms with Crippen molar-refractivity contribution >= 4 is 28.8 Å². The van der Waals surface area contributed by atoms with Crippen LogP contribution >= 0.6 is 0 Å². The Morgan fingerprint density at radius 2 is 2.21 bits per heavy atom. The first kappa shape index (κ1) is 16.5. The molecule has 1 fully saturated rings. The molecule has 0 radical (unpaired) electrons. The van der Waals surface area contributed by atoms with Crippen LogP contribution in [0.4, 0.5) is 11.8 Å². The quantitative estimate of drug-likeness (QED) is 0.866. The number of hydrogen-bond donors (Lipinski definition) is 1. The number of rotatable bonds is 4. The Bertz CT molecular complexity index is 740. The predicted octanol–water partition coefficient (Wildman–Crippen LogP) is 2.25. The molecule has 7 heteroatoms. The maximum Gasteiger partial charge on any atom is 0.328 e. The standard InChI is InChI=1S/C17H25N5O2/c1-5-24-16(23)13-8-6-7-9-22(13)15-12-10-11(2)18-14(12)19-17(20-15)21(3)4/h10,13H,5-9H2,1-4H3,(H,18,19,20). The second-order valence-corrected chi connectivity index (χ2v) is 6.41. The highest BCUT2D eigenvalue weighted by Gasteiger charge is 2.32. The molecular formula is C17H25N5O2. The first-order chi connectivity index (χ1) is 11.5. The zero-order chi connectivity index (χ0) is 17.3. The van der Waals surface area contributed by atoms with E-state index in [9.17, 15) is 4.79 Å². The van der Waals surface area contributed by atoms with E-state index in [1.54, 1.807) is 0 Å². The number of aryl methyl sites for hydroxylation is 1. The minimum absolute atomic E-state index is 0.164. The van der Waals surface area contributed by atoms with Gasteiger partial charge in [-0.2, -0.15) is 9.97 Å². The number of piperidine rings is 1. The second-order valence-electron chi connectivity index (χ2n) is 6.41. The summed E-state index contributed by atoms with van der Waals surface area (Å²) in [5.74, 6) is 1.28. The average Bonchev–Trinajstić information content (AvgIpc) is 2.94. The van der Waals surface area contributed by atoms with Crippen molar-refractivity contribution in [3.63, 3.8) is 0 Å². The van der Waals surface area contributed by atoms with Crippen LogP contribution in [0, 0.1) is 6.92 Å². The van der Waals surface area contributed by atoms with Gasteiger partial charge in [-0.25, -0.2) is 4.79 Å². The van der Waals surface area contributed by atoms with Crippen molar-refractivity contribution in [3.05, 3.63) is 11.8 Å². The van der Waals surface area contributed by atoms with E-state index in [2.05, 4.69) is 14.9 Å². The van der Waals surface area contributed by atoms with Crippen LogP contribution in [-0.4, -0.2) is 54.2 Å². The minimum atomic E-state index is -0.276. The Kier molecular flexibility index (Phi) is 4.59. The maximum atomic E-state index is 12.4. The molecule has 0 amide bonds. The van der Waals surface area contributed by atoms with Crippen LogP contribution in [0.2, 0.25) is 0 Å². The predicted molar refractivity (Wildman–Crippen MR) is 94.6 cm³/mol. The fourth-order valence-corrected chi connectivity index (χ4v) is 3.20. The number of anilines is 2. The number of nitrogens with zero attached hydrogens (tertiary/aromatic N) is 4. The summed E-state index contributed by atoms with van der Waals surface area (Å²) in [7, 11) is 3.83. The molecule has 7 nitrogen and oxygen atoms in total. The van der Waals surface area contributed by atoms with Crippen molar-refractivity contribution in [2.24, 2.45) is 0 Å². The number of fused-ring (bicyclic) bond motifs is 1. The smallest absolute Gasteiger partial charge is 0.328 e. The topological polar surface area (TPSA) is 74.3 Å². The molecule has 0 spiro atoms. The molecule has 3 heterocycles. The van der Waals surface area contributed by atoms with Gasteiger partial charge in [-0.3, -0.25) is 0 Å². The van der Waals surface area contributed by atoms with Gasteiger partial charge in [0.05, 0.1) is 12.0 Å². The van der Waals surface area contributed by atoms with Gasteiger partial charge < -0.3 is 19.5 Å². The molecule has 1 unspecified atom stereocenters. The number of H-pyrrole nitrogens is 1. The average molecular weight is 331 g/mol. The van der Waals surface area contributed by atoms with Gasteiger partial charge in [0.25, 0.3) is 0 Å². The Morgan fingerprint density at radius 1 is 1.42 bits per heavy atom. The van der Waals surface area contributed by atoms with E-state index in [1.165, 1.54) is 0 Å². The molecule has 24 heavy (non-hydrogen) atoms. The van der Waals surface area contributed by atoms with E-state index in [1.807, 2.05) is 38.9 Å². The first-order valence-corrected chi connectivity index (χ1v) is 8.49. The molecule has 0 aromatic carbocycles. The van der Waals surface area contributed by atoms with Crippen molar-refractivity contribution in [1.29, 1.82) is 0 Å². The Balaban J connectivity index is 2.09. The molecule has 2 aromatic rings. The molecule has 1 N–H and O–H groups in total. The number of carbonyl (C=O) groups is 1. The van der Waals surface area contributed by atoms with Crippen LogP contribution in [0.25, 0.3) is 11.0 Å². The highest BCUT2D eigenvalue weighted by Crippen LogP contribution is 2.31. The van der Waals surface area contributed by atoms with Gasteiger partial charge in [-0.15, -0.1) is 0 Å². The molecule has 1 aliphatic rings. The summed E-state index contributed by atoms with van der Waals surface area (Å²) >= 11 is 0. The molecule has 1 atom stereocenters. The Hall–Kier alpha value is -2.31. The summed E-state index contributed by atoms with van der Waals surface area (Å²) in [4.78, 5) is 29.0. The highest BCUT2D eigenvalue weighted by atomic mass is 16.5. The fourth-order valence-electron chi connectivity index (χ4n) is 3.20. The summed E-state index contributed by atoms with van der Waals surface area (Å²) in [5.41, 5.74) is 1.83. The normalized spacial score (nSPS) is 18.0. The number of carbonyl (C=O) groups excluding carboxylic acids is 1. The molecule has 0 saturated carbocycles. The zero-order valence-corrected chi connectivity index (χ0v) is 14.8. The summed E-state index contributed by atoms with van der Waals surface area (Å²) in [5, 5.41) is 0.953. The van der Waals surface area contributed by atoms with E-state index in [-0.39, 0.29) is 12.0 Å². The molecule has 1 saturated heterocycles. The van der Waals surface area contributed by atoms with Crippen LogP contribution < -0.4 is 9.80 Å². The lowest BCUT2D eigenvalue weighted by Gasteiger charge is -2.35. The molecule has 1 aliphatic heterocycles. The van der Waals surface area contributed by atoms with Crippen LogP contribution in [0.5, 0.6) is 0 Å². The minimum Gasteiger partial charge on any atom is -0.464 e. The fraction of sp³-hybridized carbons (Fsp3) is 0.588. The van der Waals surface area contributed by atoms with Crippen LogP contribution in [0.15, 0.2) is 6.07 Å². The number of hydrogen-bond acceptors (Lipinski definition) is 6. The van der Waals surface area contributed by atoms with Crippen molar-refractivity contribution in [3.8, 4) is 0 Å². The van der Waals surface area contributed by atoms with E-state index >= 15 is 0 Å². The SMILES string of the molecule is CCOC(=O)C1CCCCN1c1nc(N(C)C)nc2[nH]c(C)cc12. The summed E-state index contributed by atoms with van der Waals surface area (Å²) < 4.78 is 5.29.